The highest BCUT2D eigenvalue weighted by atomic mass is 15.6. The minimum Gasteiger partial charge on any atom is -0.378 e. The molecule has 0 saturated carbocycles. The molecule has 1 heterocycles. The van der Waals surface area contributed by atoms with Crippen LogP contribution in [0.25, 0.3) is 0 Å². The Labute approximate surface area is 108 Å². The molecular weight excluding hydrogens is 226 g/mol. The van der Waals surface area contributed by atoms with Crippen LogP contribution in [0.2, 0.25) is 0 Å². The van der Waals surface area contributed by atoms with Crippen LogP contribution in [0.1, 0.15) is 6.42 Å². The molecule has 18 heavy (non-hydrogen) atoms. The first-order chi connectivity index (χ1) is 8.58. The Kier molecular flexibility index (Phi) is 3.60. The third-order valence-corrected chi connectivity index (χ3v) is 3.18. The summed E-state index contributed by atoms with van der Waals surface area (Å²) in [6.07, 6.45) is 3.13. The largest absolute Gasteiger partial charge is 0.378 e. The summed E-state index contributed by atoms with van der Waals surface area (Å²) in [4.78, 5) is 2.07. The van der Waals surface area contributed by atoms with Gasteiger partial charge in [0.1, 0.15) is 0 Å². The van der Waals surface area contributed by atoms with E-state index in [2.05, 4.69) is 26.4 Å². The van der Waals surface area contributed by atoms with Gasteiger partial charge in [0.2, 0.25) is 6.17 Å². The van der Waals surface area contributed by atoms with Gasteiger partial charge in [0.15, 0.2) is 13.3 Å². The number of benzene rings is 1. The number of rotatable bonds is 3. The first-order valence-corrected chi connectivity index (χ1v) is 6.05. The molecule has 1 atom stereocenters. The third-order valence-electron chi connectivity index (χ3n) is 3.18. The van der Waals surface area contributed by atoms with Crippen LogP contribution in [0.15, 0.2) is 34.5 Å². The number of hydrazine groups is 1. The summed E-state index contributed by atoms with van der Waals surface area (Å²) in [7, 11) is 8.08. The van der Waals surface area contributed by atoms with Crippen LogP contribution in [-0.4, -0.2) is 50.3 Å². The van der Waals surface area contributed by atoms with Crippen molar-refractivity contribution in [1.29, 1.82) is 0 Å². The zero-order valence-electron chi connectivity index (χ0n) is 11.4. The van der Waals surface area contributed by atoms with Crippen LogP contribution in [-0.2, 0) is 0 Å². The fourth-order valence-electron chi connectivity index (χ4n) is 1.81. The highest BCUT2D eigenvalue weighted by Crippen LogP contribution is 2.19. The monoisotopic (exact) mass is 246 g/mol. The first-order valence-electron chi connectivity index (χ1n) is 6.05. The standard InChI is InChI=1S/C13H20N5/c1-16(2)12-7-5-11(6-8-12)14-15-13-9-10-17(3)18(13)4/h5-8,10,13H,9H2,1-4H3/q+1. The molecule has 0 fully saturated rings. The SMILES string of the molecule is CN(C)c1ccc(N=NC2CC=[N+](C)N2C)cc1. The molecule has 1 aliphatic heterocycles. The van der Waals surface area contributed by atoms with Crippen LogP contribution in [0.3, 0.4) is 0 Å². The van der Waals surface area contributed by atoms with E-state index in [0.29, 0.717) is 0 Å². The summed E-state index contributed by atoms with van der Waals surface area (Å²) in [5.74, 6) is 0. The van der Waals surface area contributed by atoms with Gasteiger partial charge in [0.05, 0.1) is 19.2 Å². The average Bonchev–Trinajstić information content (AvgIpc) is 2.68. The average molecular weight is 246 g/mol. The maximum absolute atomic E-state index is 4.36. The lowest BCUT2D eigenvalue weighted by Gasteiger charge is -2.12. The Hall–Kier alpha value is -1.91. The highest BCUT2D eigenvalue weighted by Gasteiger charge is 2.26. The number of nitrogens with zero attached hydrogens (tertiary/aromatic N) is 5. The van der Waals surface area contributed by atoms with Crippen molar-refractivity contribution in [2.45, 2.75) is 12.6 Å². The lowest BCUT2D eigenvalue weighted by atomic mass is 10.3. The molecule has 0 amide bonds. The van der Waals surface area contributed by atoms with Gasteiger partial charge in [-0.25, -0.2) is 0 Å². The molecule has 0 spiro atoms. The van der Waals surface area contributed by atoms with Crippen molar-refractivity contribution < 1.29 is 4.68 Å². The van der Waals surface area contributed by atoms with Gasteiger partial charge in [0, 0.05) is 19.8 Å². The first kappa shape index (κ1) is 12.5. The van der Waals surface area contributed by atoms with E-state index in [1.807, 2.05) is 57.1 Å². The van der Waals surface area contributed by atoms with Gasteiger partial charge < -0.3 is 4.90 Å². The fraction of sp³-hybridized carbons (Fsp3) is 0.462. The molecule has 2 rings (SSSR count). The second-order valence-corrected chi connectivity index (χ2v) is 4.67. The van der Waals surface area contributed by atoms with Crippen molar-refractivity contribution in [3.8, 4) is 0 Å². The second kappa shape index (κ2) is 5.16. The van der Waals surface area contributed by atoms with Crippen LogP contribution < -0.4 is 4.90 Å². The lowest BCUT2D eigenvalue weighted by Crippen LogP contribution is -2.30. The molecule has 0 saturated heterocycles. The number of hydrogen-bond acceptors (Lipinski definition) is 4. The Bertz CT molecular complexity index is 461. The lowest BCUT2D eigenvalue weighted by molar-refractivity contribution is -0.655. The number of azo groups is 1. The second-order valence-electron chi connectivity index (χ2n) is 4.67. The topological polar surface area (TPSA) is 34.2 Å². The van der Waals surface area contributed by atoms with Crippen molar-refractivity contribution >= 4 is 17.6 Å². The number of anilines is 1. The Morgan fingerprint density at radius 1 is 1.28 bits per heavy atom. The van der Waals surface area contributed by atoms with Crippen molar-refractivity contribution in [3.63, 3.8) is 0 Å². The van der Waals surface area contributed by atoms with Gasteiger partial charge in [-0.1, -0.05) is 0 Å². The molecule has 1 aliphatic rings. The van der Waals surface area contributed by atoms with Gasteiger partial charge >= 0.3 is 0 Å². The van der Waals surface area contributed by atoms with E-state index in [0.717, 1.165) is 12.1 Å². The van der Waals surface area contributed by atoms with Crippen molar-refractivity contribution in [1.82, 2.24) is 5.01 Å². The number of hydrazone groups is 1. The van der Waals surface area contributed by atoms with Gasteiger partial charge in [-0.3, -0.25) is 0 Å². The van der Waals surface area contributed by atoms with Gasteiger partial charge in [0.25, 0.3) is 0 Å². The van der Waals surface area contributed by atoms with Crippen molar-refractivity contribution in [3.05, 3.63) is 24.3 Å². The normalized spacial score (nSPS) is 19.4. The van der Waals surface area contributed by atoms with Gasteiger partial charge in [-0.15, -0.1) is 4.68 Å². The quantitative estimate of drug-likeness (QED) is 0.605. The molecule has 0 aliphatic carbocycles. The Balaban J connectivity index is 2.02. The summed E-state index contributed by atoms with van der Waals surface area (Å²) in [6, 6.07) is 8.07. The Morgan fingerprint density at radius 3 is 2.44 bits per heavy atom. The van der Waals surface area contributed by atoms with Gasteiger partial charge in [-0.2, -0.15) is 15.2 Å². The molecular formula is C13H20N5+. The maximum Gasteiger partial charge on any atom is 0.202 e. The Morgan fingerprint density at radius 2 is 1.94 bits per heavy atom. The zero-order valence-corrected chi connectivity index (χ0v) is 11.4. The predicted octanol–water partition coefficient (Wildman–Crippen LogP) is 2.13. The number of hydrogen-bond donors (Lipinski definition) is 0. The van der Waals surface area contributed by atoms with Crippen LogP contribution in [0.4, 0.5) is 11.4 Å². The van der Waals surface area contributed by atoms with Crippen LogP contribution >= 0.6 is 0 Å². The fourth-order valence-corrected chi connectivity index (χ4v) is 1.81. The molecule has 0 N–H and O–H groups in total. The highest BCUT2D eigenvalue weighted by molar-refractivity contribution is 5.53. The minimum absolute atomic E-state index is 0.114. The summed E-state index contributed by atoms with van der Waals surface area (Å²) in [6.45, 7) is 0. The van der Waals surface area contributed by atoms with Crippen molar-refractivity contribution in [2.75, 3.05) is 33.1 Å². The molecule has 96 valence electrons. The molecule has 1 aromatic rings. The molecule has 0 aromatic heterocycles. The smallest absolute Gasteiger partial charge is 0.202 e. The molecule has 0 radical (unpaired) electrons. The van der Waals surface area contributed by atoms with Crippen molar-refractivity contribution in [2.24, 2.45) is 10.2 Å². The molecule has 1 unspecified atom stereocenters. The molecule has 0 bridgehead atoms. The summed E-state index contributed by atoms with van der Waals surface area (Å²) >= 11 is 0. The zero-order chi connectivity index (χ0) is 13.1. The van der Waals surface area contributed by atoms with Crippen LogP contribution in [0, 0.1) is 0 Å². The molecule has 1 aromatic carbocycles. The molecule has 5 nitrogen and oxygen atoms in total. The van der Waals surface area contributed by atoms with E-state index in [1.165, 1.54) is 5.69 Å². The summed E-state index contributed by atoms with van der Waals surface area (Å²) in [5.41, 5.74) is 2.06. The van der Waals surface area contributed by atoms with E-state index in [9.17, 15) is 0 Å². The van der Waals surface area contributed by atoms with E-state index < -0.39 is 0 Å². The van der Waals surface area contributed by atoms with E-state index in [4.69, 9.17) is 0 Å². The summed E-state index contributed by atoms with van der Waals surface area (Å²) < 4.78 is 2.04. The van der Waals surface area contributed by atoms with E-state index >= 15 is 0 Å². The predicted molar refractivity (Wildman–Crippen MR) is 73.7 cm³/mol. The van der Waals surface area contributed by atoms with Crippen LogP contribution in [0.5, 0.6) is 0 Å². The maximum atomic E-state index is 4.36. The minimum atomic E-state index is 0.114. The third kappa shape index (κ3) is 2.67. The molecule has 5 heteroatoms. The summed E-state index contributed by atoms with van der Waals surface area (Å²) in [5, 5.41) is 10.7. The van der Waals surface area contributed by atoms with Gasteiger partial charge in [-0.05, 0) is 24.3 Å². The van der Waals surface area contributed by atoms with E-state index in [-0.39, 0.29) is 6.17 Å². The van der Waals surface area contributed by atoms with E-state index in [1.54, 1.807) is 0 Å².